The Bertz CT molecular complexity index is 542. The van der Waals surface area contributed by atoms with Gasteiger partial charge in [-0.2, -0.15) is 0 Å². The first-order valence-electron chi connectivity index (χ1n) is 7.54. The predicted molar refractivity (Wildman–Crippen MR) is 87.7 cm³/mol. The van der Waals surface area contributed by atoms with Crippen molar-refractivity contribution in [1.82, 2.24) is 10.2 Å². The van der Waals surface area contributed by atoms with Crippen LogP contribution >= 0.6 is 0 Å². The van der Waals surface area contributed by atoms with Gasteiger partial charge in [0.05, 0.1) is 11.5 Å². The third-order valence-electron chi connectivity index (χ3n) is 3.57. The largest absolute Gasteiger partial charge is 0.399 e. The molecule has 1 heterocycles. The van der Waals surface area contributed by atoms with E-state index in [1.807, 2.05) is 0 Å². The number of allylic oxidation sites excluding steroid dienone is 1. The highest BCUT2D eigenvalue weighted by Gasteiger charge is 2.13. The topological polar surface area (TPSA) is 79.7 Å². The van der Waals surface area contributed by atoms with Gasteiger partial charge >= 0.3 is 0 Å². The molecule has 0 aliphatic carbocycles. The van der Waals surface area contributed by atoms with Gasteiger partial charge in [0, 0.05) is 19.5 Å². The number of benzene rings is 1. The van der Waals surface area contributed by atoms with Crippen LogP contribution < -0.4 is 16.8 Å². The Kier molecular flexibility index (Phi) is 5.77. The minimum absolute atomic E-state index is 0.255. The van der Waals surface area contributed by atoms with Crippen molar-refractivity contribution in [2.75, 3.05) is 26.2 Å². The molecule has 0 aromatic heterocycles. The molecule has 1 fully saturated rings. The second-order valence-corrected chi connectivity index (χ2v) is 5.55. The number of nitrogens with two attached hydrogens (primary N) is 2. The van der Waals surface area contributed by atoms with Crippen molar-refractivity contribution < 1.29 is 4.39 Å². The summed E-state index contributed by atoms with van der Waals surface area (Å²) in [5, 5.41) is 3.25. The average Bonchev–Trinajstić information content (AvgIpc) is 2.42. The minimum Gasteiger partial charge on any atom is -0.399 e. The maximum absolute atomic E-state index is 12.9. The van der Waals surface area contributed by atoms with Crippen molar-refractivity contribution in [2.45, 2.75) is 19.8 Å². The van der Waals surface area contributed by atoms with Crippen molar-refractivity contribution in [2.24, 2.45) is 16.5 Å². The van der Waals surface area contributed by atoms with E-state index >= 15 is 0 Å². The number of halogens is 1. The fraction of sp³-hybridized carbons (Fsp3) is 0.438. The zero-order valence-corrected chi connectivity index (χ0v) is 13.0. The fourth-order valence-corrected chi connectivity index (χ4v) is 2.24. The van der Waals surface area contributed by atoms with Crippen LogP contribution in [-0.2, 0) is 6.42 Å². The predicted octanol–water partition coefficient (Wildman–Crippen LogP) is 1.17. The second-order valence-electron chi connectivity index (χ2n) is 5.55. The number of hydrogen-bond donors (Lipinski definition) is 3. The molecular formula is C16H24FN5. The van der Waals surface area contributed by atoms with Gasteiger partial charge in [-0.05, 0) is 44.1 Å². The lowest BCUT2D eigenvalue weighted by molar-refractivity contribution is 0.184. The van der Waals surface area contributed by atoms with Crippen molar-refractivity contribution in [1.29, 1.82) is 0 Å². The summed E-state index contributed by atoms with van der Waals surface area (Å²) in [6, 6.07) is 6.30. The van der Waals surface area contributed by atoms with Crippen LogP contribution in [0.5, 0.6) is 0 Å². The SMILES string of the molecule is C/C(N)=N/C(NCCN1CCC1)=C(\N)Cc1ccc(F)cc1. The Morgan fingerprint density at radius 2 is 1.95 bits per heavy atom. The van der Waals surface area contributed by atoms with Crippen molar-refractivity contribution in [3.63, 3.8) is 0 Å². The Morgan fingerprint density at radius 3 is 2.50 bits per heavy atom. The summed E-state index contributed by atoms with van der Waals surface area (Å²) in [7, 11) is 0. The van der Waals surface area contributed by atoms with Crippen molar-refractivity contribution in [3.05, 3.63) is 47.2 Å². The third kappa shape index (κ3) is 5.04. The van der Waals surface area contributed by atoms with Crippen LogP contribution in [0.3, 0.4) is 0 Å². The molecule has 120 valence electrons. The molecule has 0 radical (unpaired) electrons. The molecule has 5 nitrogen and oxygen atoms in total. The molecular weight excluding hydrogens is 281 g/mol. The number of amidine groups is 1. The number of likely N-dealkylation sites (tertiary alicyclic amines) is 1. The van der Waals surface area contributed by atoms with Crippen LogP contribution in [0.15, 0.2) is 40.8 Å². The van der Waals surface area contributed by atoms with E-state index in [1.54, 1.807) is 19.1 Å². The van der Waals surface area contributed by atoms with Crippen LogP contribution in [-0.4, -0.2) is 36.9 Å². The zero-order chi connectivity index (χ0) is 15.9. The minimum atomic E-state index is -0.255. The maximum Gasteiger partial charge on any atom is 0.147 e. The molecule has 0 saturated carbocycles. The molecule has 1 aliphatic heterocycles. The fourth-order valence-electron chi connectivity index (χ4n) is 2.24. The van der Waals surface area contributed by atoms with Crippen LogP contribution in [0.1, 0.15) is 18.9 Å². The molecule has 1 aliphatic rings. The molecule has 0 bridgehead atoms. The molecule has 5 N–H and O–H groups in total. The van der Waals surface area contributed by atoms with E-state index in [2.05, 4.69) is 15.2 Å². The normalized spacial score (nSPS) is 16.9. The van der Waals surface area contributed by atoms with Crippen LogP contribution in [0.25, 0.3) is 0 Å². The van der Waals surface area contributed by atoms with Crippen LogP contribution in [0, 0.1) is 5.82 Å². The monoisotopic (exact) mass is 305 g/mol. The van der Waals surface area contributed by atoms with Gasteiger partial charge < -0.3 is 21.7 Å². The van der Waals surface area contributed by atoms with Crippen molar-refractivity contribution in [3.8, 4) is 0 Å². The lowest BCUT2D eigenvalue weighted by Crippen LogP contribution is -2.41. The van der Waals surface area contributed by atoms with Gasteiger partial charge in [-0.3, -0.25) is 0 Å². The van der Waals surface area contributed by atoms with Crippen LogP contribution in [0.2, 0.25) is 0 Å². The molecule has 0 spiro atoms. The number of nitrogens with one attached hydrogen (secondary N) is 1. The summed E-state index contributed by atoms with van der Waals surface area (Å²) < 4.78 is 12.9. The van der Waals surface area contributed by atoms with E-state index in [0.717, 1.165) is 31.7 Å². The van der Waals surface area contributed by atoms with Gasteiger partial charge in [0.25, 0.3) is 0 Å². The Balaban J connectivity index is 2.00. The summed E-state index contributed by atoms with van der Waals surface area (Å²) in [5.74, 6) is 0.799. The number of hydrogen-bond acceptors (Lipinski definition) is 4. The molecule has 22 heavy (non-hydrogen) atoms. The molecule has 1 saturated heterocycles. The van der Waals surface area contributed by atoms with Crippen molar-refractivity contribution >= 4 is 5.84 Å². The first-order chi connectivity index (χ1) is 10.5. The number of rotatable bonds is 7. The standard InChI is InChI=1S/C16H24FN5/c1-12(18)21-16(20-7-10-22-8-2-9-22)15(19)11-13-3-5-14(17)6-4-13/h3-6,20H,2,7-11,19H2,1H3,(H2,18,21)/b16-15-. The molecule has 1 aromatic rings. The van der Waals surface area contributed by atoms with E-state index in [9.17, 15) is 4.39 Å². The summed E-state index contributed by atoms with van der Waals surface area (Å²) in [4.78, 5) is 6.64. The molecule has 0 amide bonds. The van der Waals surface area contributed by atoms with Gasteiger partial charge in [-0.15, -0.1) is 0 Å². The Morgan fingerprint density at radius 1 is 1.27 bits per heavy atom. The summed E-state index contributed by atoms with van der Waals surface area (Å²) >= 11 is 0. The van der Waals surface area contributed by atoms with Gasteiger partial charge in [0.2, 0.25) is 0 Å². The highest BCUT2D eigenvalue weighted by atomic mass is 19.1. The molecule has 6 heteroatoms. The lowest BCUT2D eigenvalue weighted by atomic mass is 10.1. The molecule has 2 rings (SSSR count). The quantitative estimate of drug-likeness (QED) is 0.522. The Labute approximate surface area is 130 Å². The zero-order valence-electron chi connectivity index (χ0n) is 13.0. The Hall–Kier alpha value is -2.08. The lowest BCUT2D eigenvalue weighted by Gasteiger charge is -2.30. The van der Waals surface area contributed by atoms with E-state index in [0.29, 0.717) is 23.8 Å². The highest BCUT2D eigenvalue weighted by Crippen LogP contribution is 2.10. The summed E-state index contributed by atoms with van der Waals surface area (Å²) in [5.41, 5.74) is 13.4. The van der Waals surface area contributed by atoms with Gasteiger partial charge in [0.15, 0.2) is 0 Å². The smallest absolute Gasteiger partial charge is 0.147 e. The maximum atomic E-state index is 12.9. The second kappa shape index (κ2) is 7.79. The van der Waals surface area contributed by atoms with E-state index in [1.165, 1.54) is 18.6 Å². The molecule has 0 atom stereocenters. The van der Waals surface area contributed by atoms with Gasteiger partial charge in [0.1, 0.15) is 11.6 Å². The average molecular weight is 305 g/mol. The number of aliphatic imine (C=N–C) groups is 1. The molecule has 1 aromatic carbocycles. The number of nitrogens with zero attached hydrogens (tertiary/aromatic N) is 2. The van der Waals surface area contributed by atoms with Crippen LogP contribution in [0.4, 0.5) is 4.39 Å². The molecule has 0 unspecified atom stereocenters. The van der Waals surface area contributed by atoms with E-state index in [4.69, 9.17) is 11.5 Å². The van der Waals surface area contributed by atoms with E-state index in [-0.39, 0.29) is 5.82 Å². The highest BCUT2D eigenvalue weighted by molar-refractivity contribution is 5.78. The van der Waals surface area contributed by atoms with E-state index < -0.39 is 0 Å². The van der Waals surface area contributed by atoms with Gasteiger partial charge in [-0.25, -0.2) is 9.38 Å². The van der Waals surface area contributed by atoms with Gasteiger partial charge in [-0.1, -0.05) is 12.1 Å². The first-order valence-corrected chi connectivity index (χ1v) is 7.54. The first kappa shape index (κ1) is 16.3. The third-order valence-corrected chi connectivity index (χ3v) is 3.57. The summed E-state index contributed by atoms with van der Waals surface area (Å²) in [6.45, 7) is 5.78. The summed E-state index contributed by atoms with van der Waals surface area (Å²) in [6.07, 6.45) is 1.78.